The third-order valence-electron chi connectivity index (χ3n) is 2.70. The van der Waals surface area contributed by atoms with E-state index in [4.69, 9.17) is 4.52 Å². The summed E-state index contributed by atoms with van der Waals surface area (Å²) in [6, 6.07) is 9.06. The van der Waals surface area contributed by atoms with Crippen LogP contribution in [0.5, 0.6) is 0 Å². The van der Waals surface area contributed by atoms with Gasteiger partial charge in [-0.25, -0.2) is 0 Å². The van der Waals surface area contributed by atoms with Gasteiger partial charge in [-0.15, -0.1) is 0 Å². The van der Waals surface area contributed by atoms with E-state index < -0.39 is 0 Å². The van der Waals surface area contributed by atoms with Gasteiger partial charge >= 0.3 is 0 Å². The fourth-order valence-electron chi connectivity index (χ4n) is 1.56. The van der Waals surface area contributed by atoms with E-state index in [1.54, 1.807) is 12.1 Å². The van der Waals surface area contributed by atoms with Gasteiger partial charge in [0.05, 0.1) is 12.2 Å². The van der Waals surface area contributed by atoms with Crippen LogP contribution in [0.1, 0.15) is 41.6 Å². The molecule has 0 aliphatic heterocycles. The highest BCUT2D eigenvalue weighted by molar-refractivity contribution is 9.10. The Morgan fingerprint density at radius 3 is 2.63 bits per heavy atom. The summed E-state index contributed by atoms with van der Waals surface area (Å²) >= 11 is 3.33. The minimum atomic E-state index is -0.130. The number of hydrogen-bond donors (Lipinski definition) is 1. The van der Waals surface area contributed by atoms with Gasteiger partial charge in [0.1, 0.15) is 0 Å². The molecule has 0 spiro atoms. The van der Waals surface area contributed by atoms with Gasteiger partial charge in [0.2, 0.25) is 0 Å². The van der Waals surface area contributed by atoms with E-state index in [1.807, 2.05) is 32.0 Å². The standard InChI is InChI=1S/C14H15BrN2O2/c1-9(2)13-7-12(19-17-13)8-16-14(18)10-3-5-11(15)6-4-10/h3-7,9H,8H2,1-2H3,(H,16,18). The molecule has 1 heterocycles. The Bertz CT molecular complexity index is 561. The number of nitrogens with zero attached hydrogens (tertiary/aromatic N) is 1. The number of carbonyl (C=O) groups excluding carboxylic acids is 1. The van der Waals surface area contributed by atoms with Crippen molar-refractivity contribution in [2.75, 3.05) is 0 Å². The maximum Gasteiger partial charge on any atom is 0.251 e. The number of hydrogen-bond acceptors (Lipinski definition) is 3. The van der Waals surface area contributed by atoms with Gasteiger partial charge in [-0.1, -0.05) is 34.9 Å². The predicted molar refractivity (Wildman–Crippen MR) is 75.9 cm³/mol. The van der Waals surface area contributed by atoms with Gasteiger partial charge < -0.3 is 9.84 Å². The van der Waals surface area contributed by atoms with Gasteiger partial charge in [-0.2, -0.15) is 0 Å². The molecule has 2 aromatic rings. The highest BCUT2D eigenvalue weighted by Crippen LogP contribution is 2.14. The first-order valence-electron chi connectivity index (χ1n) is 6.05. The average molecular weight is 323 g/mol. The first kappa shape index (κ1) is 13.8. The lowest BCUT2D eigenvalue weighted by molar-refractivity contribution is 0.0947. The monoisotopic (exact) mass is 322 g/mol. The Morgan fingerprint density at radius 1 is 1.37 bits per heavy atom. The second-order valence-corrected chi connectivity index (χ2v) is 5.48. The van der Waals surface area contributed by atoms with Crippen molar-refractivity contribution in [3.63, 3.8) is 0 Å². The van der Waals surface area contributed by atoms with Crippen molar-refractivity contribution in [1.82, 2.24) is 10.5 Å². The topological polar surface area (TPSA) is 55.1 Å². The van der Waals surface area contributed by atoms with Gasteiger partial charge in [0.25, 0.3) is 5.91 Å². The molecule has 0 fully saturated rings. The maximum atomic E-state index is 11.9. The fourth-order valence-corrected chi connectivity index (χ4v) is 1.82. The largest absolute Gasteiger partial charge is 0.359 e. The van der Waals surface area contributed by atoms with Crippen LogP contribution in [0.15, 0.2) is 39.3 Å². The van der Waals surface area contributed by atoms with Crippen LogP contribution in [0.2, 0.25) is 0 Å². The number of benzene rings is 1. The minimum Gasteiger partial charge on any atom is -0.359 e. The summed E-state index contributed by atoms with van der Waals surface area (Å²) in [6.45, 7) is 4.43. The van der Waals surface area contributed by atoms with E-state index in [1.165, 1.54) is 0 Å². The Kier molecular flexibility index (Phi) is 4.37. The molecular weight excluding hydrogens is 308 g/mol. The van der Waals surface area contributed by atoms with E-state index >= 15 is 0 Å². The lowest BCUT2D eigenvalue weighted by Crippen LogP contribution is -2.22. The maximum absolute atomic E-state index is 11.9. The molecule has 100 valence electrons. The molecule has 19 heavy (non-hydrogen) atoms. The number of nitrogens with one attached hydrogen (secondary N) is 1. The van der Waals surface area contributed by atoms with Crippen LogP contribution < -0.4 is 5.32 Å². The molecule has 1 amide bonds. The van der Waals surface area contributed by atoms with Crippen LogP contribution in [0.4, 0.5) is 0 Å². The fraction of sp³-hybridized carbons (Fsp3) is 0.286. The van der Waals surface area contributed by atoms with E-state index in [0.29, 0.717) is 23.8 Å². The molecule has 5 heteroatoms. The van der Waals surface area contributed by atoms with Crippen molar-refractivity contribution < 1.29 is 9.32 Å². The average Bonchev–Trinajstić information content (AvgIpc) is 2.86. The summed E-state index contributed by atoms with van der Waals surface area (Å²) in [6.07, 6.45) is 0. The van der Waals surface area contributed by atoms with Crippen molar-refractivity contribution in [1.29, 1.82) is 0 Å². The lowest BCUT2D eigenvalue weighted by Gasteiger charge is -2.02. The van der Waals surface area contributed by atoms with Crippen LogP contribution in [-0.2, 0) is 6.54 Å². The number of aromatic nitrogens is 1. The highest BCUT2D eigenvalue weighted by Gasteiger charge is 2.09. The van der Waals surface area contributed by atoms with Crippen LogP contribution in [0, 0.1) is 0 Å². The number of carbonyl (C=O) groups is 1. The van der Waals surface area contributed by atoms with Crippen LogP contribution >= 0.6 is 15.9 Å². The van der Waals surface area contributed by atoms with Gasteiger partial charge in [-0.05, 0) is 30.2 Å². The molecule has 0 atom stereocenters. The molecule has 0 radical (unpaired) electrons. The molecule has 4 nitrogen and oxygen atoms in total. The SMILES string of the molecule is CC(C)c1cc(CNC(=O)c2ccc(Br)cc2)on1. The number of amides is 1. The summed E-state index contributed by atoms with van der Waals surface area (Å²) < 4.78 is 6.10. The van der Waals surface area contributed by atoms with Gasteiger partial charge in [0.15, 0.2) is 5.76 Å². The van der Waals surface area contributed by atoms with E-state index in [2.05, 4.69) is 26.4 Å². The third kappa shape index (κ3) is 3.67. The van der Waals surface area contributed by atoms with Crippen molar-refractivity contribution >= 4 is 21.8 Å². The van der Waals surface area contributed by atoms with E-state index in [9.17, 15) is 4.79 Å². The molecule has 1 N–H and O–H groups in total. The Hall–Kier alpha value is -1.62. The molecule has 0 saturated carbocycles. The van der Waals surface area contributed by atoms with Crippen molar-refractivity contribution in [2.45, 2.75) is 26.3 Å². The molecule has 0 saturated heterocycles. The lowest BCUT2D eigenvalue weighted by atomic mass is 10.1. The normalized spacial score (nSPS) is 10.7. The molecule has 2 rings (SSSR count). The van der Waals surface area contributed by atoms with Crippen molar-refractivity contribution in [2.24, 2.45) is 0 Å². The summed E-state index contributed by atoms with van der Waals surface area (Å²) in [5.41, 5.74) is 1.51. The quantitative estimate of drug-likeness (QED) is 0.937. The van der Waals surface area contributed by atoms with Crippen molar-refractivity contribution in [3.8, 4) is 0 Å². The number of halogens is 1. The zero-order valence-corrected chi connectivity index (χ0v) is 12.4. The number of rotatable bonds is 4. The molecule has 0 aliphatic carbocycles. The first-order valence-corrected chi connectivity index (χ1v) is 6.85. The van der Waals surface area contributed by atoms with Crippen LogP contribution in [-0.4, -0.2) is 11.1 Å². The Labute approximate surface area is 120 Å². The van der Waals surface area contributed by atoms with Gasteiger partial charge in [0, 0.05) is 16.1 Å². The van der Waals surface area contributed by atoms with Crippen LogP contribution in [0.3, 0.4) is 0 Å². The summed E-state index contributed by atoms with van der Waals surface area (Å²) in [7, 11) is 0. The summed E-state index contributed by atoms with van der Waals surface area (Å²) in [4.78, 5) is 11.9. The Balaban J connectivity index is 1.94. The van der Waals surface area contributed by atoms with Gasteiger partial charge in [-0.3, -0.25) is 4.79 Å². The van der Waals surface area contributed by atoms with Crippen molar-refractivity contribution in [3.05, 3.63) is 51.8 Å². The minimum absolute atomic E-state index is 0.130. The molecule has 0 aliphatic rings. The summed E-state index contributed by atoms with van der Waals surface area (Å²) in [5.74, 6) is 0.851. The highest BCUT2D eigenvalue weighted by atomic mass is 79.9. The predicted octanol–water partition coefficient (Wildman–Crippen LogP) is 3.49. The third-order valence-corrected chi connectivity index (χ3v) is 3.23. The first-order chi connectivity index (χ1) is 9.06. The summed E-state index contributed by atoms with van der Waals surface area (Å²) in [5, 5.41) is 6.74. The zero-order valence-electron chi connectivity index (χ0n) is 10.8. The molecule has 1 aromatic heterocycles. The Morgan fingerprint density at radius 2 is 2.05 bits per heavy atom. The van der Waals surface area contributed by atoms with Crippen LogP contribution in [0.25, 0.3) is 0 Å². The molecular formula is C14H15BrN2O2. The second-order valence-electron chi connectivity index (χ2n) is 4.56. The molecule has 1 aromatic carbocycles. The smallest absolute Gasteiger partial charge is 0.251 e. The molecule has 0 unspecified atom stereocenters. The molecule has 0 bridgehead atoms. The van der Waals surface area contributed by atoms with E-state index in [-0.39, 0.29) is 5.91 Å². The van der Waals surface area contributed by atoms with E-state index in [0.717, 1.165) is 10.2 Å². The second kappa shape index (κ2) is 6.02. The zero-order chi connectivity index (χ0) is 13.8.